The summed E-state index contributed by atoms with van der Waals surface area (Å²) in [7, 11) is 1.68. The van der Waals surface area contributed by atoms with Gasteiger partial charge >= 0.3 is 5.97 Å². The fourth-order valence-corrected chi connectivity index (χ4v) is 2.48. The van der Waals surface area contributed by atoms with Crippen LogP contribution in [0.2, 0.25) is 0 Å². The Kier molecular flexibility index (Phi) is 5.92. The van der Waals surface area contributed by atoms with Crippen LogP contribution >= 0.6 is 0 Å². The highest BCUT2D eigenvalue weighted by atomic mass is 16.5. The number of hydrogen-bond donors (Lipinski definition) is 2. The Bertz CT molecular complexity index is 1030. The first kappa shape index (κ1) is 19.7. The van der Waals surface area contributed by atoms with Crippen molar-refractivity contribution in [3.8, 4) is 0 Å². The molecule has 0 atom stereocenters. The van der Waals surface area contributed by atoms with Crippen LogP contribution in [0.15, 0.2) is 36.7 Å². The Morgan fingerprint density at radius 2 is 1.93 bits per heavy atom. The second-order valence-electron chi connectivity index (χ2n) is 6.02. The lowest BCUT2D eigenvalue weighted by atomic mass is 10.2. The molecule has 12 nitrogen and oxygen atoms in total. The second kappa shape index (κ2) is 8.73. The van der Waals surface area contributed by atoms with E-state index in [1.54, 1.807) is 38.2 Å². The Labute approximate surface area is 164 Å². The van der Waals surface area contributed by atoms with Crippen LogP contribution in [0.1, 0.15) is 16.1 Å². The van der Waals surface area contributed by atoms with Crippen LogP contribution in [-0.2, 0) is 27.9 Å². The van der Waals surface area contributed by atoms with Gasteiger partial charge in [0.05, 0.1) is 16.9 Å². The summed E-state index contributed by atoms with van der Waals surface area (Å²) in [6, 6.07) is 7.99. The van der Waals surface area contributed by atoms with Gasteiger partial charge in [0.2, 0.25) is 5.91 Å². The van der Waals surface area contributed by atoms with Crippen LogP contribution < -0.4 is 10.6 Å². The van der Waals surface area contributed by atoms with Crippen molar-refractivity contribution in [2.24, 2.45) is 7.05 Å². The predicted octanol–water partition coefficient (Wildman–Crippen LogP) is 0.149. The number of tetrazole rings is 1. The molecule has 3 rings (SSSR count). The number of esters is 1. The topological polar surface area (TPSA) is 146 Å². The fraction of sp³-hybridized carbons (Fsp3) is 0.235. The number of carbonyl (C=O) groups is 3. The van der Waals surface area contributed by atoms with Gasteiger partial charge in [-0.2, -0.15) is 5.10 Å². The van der Waals surface area contributed by atoms with Crippen LogP contribution in [0.4, 0.5) is 11.5 Å². The molecule has 0 aliphatic rings. The minimum Gasteiger partial charge on any atom is -0.452 e. The molecule has 29 heavy (non-hydrogen) atoms. The summed E-state index contributed by atoms with van der Waals surface area (Å²) in [6.45, 7) is 1.18. The van der Waals surface area contributed by atoms with E-state index in [1.807, 2.05) is 0 Å². The normalized spacial score (nSPS) is 10.4. The lowest BCUT2D eigenvalue weighted by Crippen LogP contribution is -2.24. The van der Waals surface area contributed by atoms with Crippen LogP contribution in [0.3, 0.4) is 0 Å². The highest BCUT2D eigenvalue weighted by Gasteiger charge is 2.17. The monoisotopic (exact) mass is 398 g/mol. The quantitative estimate of drug-likeness (QED) is 0.535. The molecule has 2 aromatic heterocycles. The maximum Gasteiger partial charge on any atom is 0.340 e. The third kappa shape index (κ3) is 5.22. The van der Waals surface area contributed by atoms with Crippen molar-refractivity contribution in [3.05, 3.63) is 47.9 Å². The van der Waals surface area contributed by atoms with Crippen LogP contribution in [-0.4, -0.2) is 54.4 Å². The molecule has 0 radical (unpaired) electrons. The molecule has 2 amide bonds. The molecule has 0 fully saturated rings. The van der Waals surface area contributed by atoms with E-state index in [0.29, 0.717) is 5.82 Å². The molecule has 150 valence electrons. The average molecular weight is 398 g/mol. The van der Waals surface area contributed by atoms with E-state index in [2.05, 4.69) is 31.3 Å². The molecule has 0 aliphatic heterocycles. The number of rotatable bonds is 7. The summed E-state index contributed by atoms with van der Waals surface area (Å²) in [4.78, 5) is 36.5. The Morgan fingerprint density at radius 1 is 1.14 bits per heavy atom. The molecule has 0 saturated carbocycles. The molecule has 0 aliphatic carbocycles. The lowest BCUT2D eigenvalue weighted by molar-refractivity contribution is -0.119. The van der Waals surface area contributed by atoms with Crippen molar-refractivity contribution >= 4 is 29.3 Å². The summed E-state index contributed by atoms with van der Waals surface area (Å²) in [6.07, 6.45) is 1.29. The third-order valence-corrected chi connectivity index (χ3v) is 3.72. The molecule has 0 bridgehead atoms. The number of hydrogen-bond acceptors (Lipinski definition) is 8. The van der Waals surface area contributed by atoms with Crippen molar-refractivity contribution in [2.45, 2.75) is 13.5 Å². The molecule has 2 N–H and O–H groups in total. The molecule has 2 heterocycles. The van der Waals surface area contributed by atoms with E-state index in [-0.39, 0.29) is 17.8 Å². The number of carbonyl (C=O) groups excluding carboxylic acids is 3. The molecule has 0 spiro atoms. The van der Waals surface area contributed by atoms with Crippen LogP contribution in [0.5, 0.6) is 0 Å². The predicted molar refractivity (Wildman–Crippen MR) is 99.7 cm³/mol. The highest BCUT2D eigenvalue weighted by Crippen LogP contribution is 2.16. The van der Waals surface area contributed by atoms with Gasteiger partial charge in [-0.05, 0) is 29.5 Å². The van der Waals surface area contributed by atoms with Crippen molar-refractivity contribution in [2.75, 3.05) is 17.2 Å². The van der Waals surface area contributed by atoms with E-state index >= 15 is 0 Å². The van der Waals surface area contributed by atoms with Gasteiger partial charge in [0.1, 0.15) is 18.7 Å². The number of nitrogens with one attached hydrogen (secondary N) is 2. The third-order valence-electron chi connectivity index (χ3n) is 3.72. The van der Waals surface area contributed by atoms with Gasteiger partial charge in [-0.3, -0.25) is 14.3 Å². The summed E-state index contributed by atoms with van der Waals surface area (Å²) >= 11 is 0. The van der Waals surface area contributed by atoms with Crippen molar-refractivity contribution in [1.82, 2.24) is 30.0 Å². The first-order valence-electron chi connectivity index (χ1n) is 8.49. The summed E-state index contributed by atoms with van der Waals surface area (Å²) in [5, 5.41) is 19.8. The number of amides is 2. The van der Waals surface area contributed by atoms with Crippen molar-refractivity contribution in [1.29, 1.82) is 0 Å². The second-order valence-corrected chi connectivity index (χ2v) is 6.02. The minimum absolute atomic E-state index is 0.113. The highest BCUT2D eigenvalue weighted by molar-refractivity contribution is 6.02. The van der Waals surface area contributed by atoms with Crippen molar-refractivity contribution < 1.29 is 19.1 Å². The van der Waals surface area contributed by atoms with E-state index in [1.165, 1.54) is 21.8 Å². The van der Waals surface area contributed by atoms with Crippen molar-refractivity contribution in [3.63, 3.8) is 0 Å². The zero-order valence-corrected chi connectivity index (χ0v) is 15.7. The fourth-order valence-electron chi connectivity index (χ4n) is 2.48. The van der Waals surface area contributed by atoms with Gasteiger partial charge in [-0.15, -0.1) is 5.10 Å². The molecule has 3 aromatic rings. The number of nitrogens with zero attached hydrogens (tertiary/aromatic N) is 6. The van der Waals surface area contributed by atoms with Gasteiger partial charge in [0, 0.05) is 13.1 Å². The number of anilines is 2. The largest absolute Gasteiger partial charge is 0.452 e. The molecular formula is C17H18N8O4. The first-order chi connectivity index (χ1) is 13.9. The van der Waals surface area contributed by atoms with E-state index in [9.17, 15) is 14.4 Å². The number of aryl methyl sites for hydroxylation is 2. The van der Waals surface area contributed by atoms with Gasteiger partial charge in [-0.1, -0.05) is 12.1 Å². The first-order valence-corrected chi connectivity index (χ1v) is 8.49. The Hall–Kier alpha value is -4.09. The van der Waals surface area contributed by atoms with Gasteiger partial charge in [0.15, 0.2) is 6.61 Å². The van der Waals surface area contributed by atoms with Crippen LogP contribution in [0, 0.1) is 6.92 Å². The van der Waals surface area contributed by atoms with E-state index in [4.69, 9.17) is 4.74 Å². The number of benzene rings is 1. The lowest BCUT2D eigenvalue weighted by Gasteiger charge is -2.11. The van der Waals surface area contributed by atoms with Crippen LogP contribution in [0.25, 0.3) is 0 Å². The maximum atomic E-state index is 12.4. The number of para-hydroxylation sites is 1. The number of aromatic nitrogens is 6. The number of ether oxygens (including phenoxy) is 1. The van der Waals surface area contributed by atoms with Gasteiger partial charge in [0.25, 0.3) is 5.91 Å². The summed E-state index contributed by atoms with van der Waals surface area (Å²) in [5.41, 5.74) is 1.10. The molecule has 0 saturated heterocycles. The summed E-state index contributed by atoms with van der Waals surface area (Å²) in [5.74, 6) is -1.21. The standard InChI is InChI=1S/C17H18N8O4/c1-11-7-14(24(2)21-11)20-16(27)9-29-17(28)12-5-3-4-6-13(12)19-15(26)8-25-10-18-22-23-25/h3-7,10H,8-9H2,1-2H3,(H,19,26)(H,20,27). The molecule has 1 aromatic carbocycles. The smallest absolute Gasteiger partial charge is 0.340 e. The Morgan fingerprint density at radius 3 is 2.62 bits per heavy atom. The molecule has 12 heteroatoms. The van der Waals surface area contributed by atoms with E-state index in [0.717, 1.165) is 5.69 Å². The summed E-state index contributed by atoms with van der Waals surface area (Å²) < 4.78 is 7.81. The maximum absolute atomic E-state index is 12.4. The Balaban J connectivity index is 1.58. The SMILES string of the molecule is Cc1cc(NC(=O)COC(=O)c2ccccc2NC(=O)Cn2cnnn2)n(C)n1. The van der Waals surface area contributed by atoms with Gasteiger partial charge < -0.3 is 15.4 Å². The zero-order chi connectivity index (χ0) is 20.8. The minimum atomic E-state index is -0.750. The molecular weight excluding hydrogens is 380 g/mol. The zero-order valence-electron chi connectivity index (χ0n) is 15.7. The average Bonchev–Trinajstić information content (AvgIpc) is 3.29. The van der Waals surface area contributed by atoms with E-state index < -0.39 is 24.4 Å². The van der Waals surface area contributed by atoms with Gasteiger partial charge in [-0.25, -0.2) is 9.48 Å². The molecule has 0 unspecified atom stereocenters.